The number of aryl methyl sites for hydroxylation is 2. The highest BCUT2D eigenvalue weighted by molar-refractivity contribution is 5.79. The number of guanidine groups is 1. The fourth-order valence-corrected chi connectivity index (χ4v) is 3.85. The van der Waals surface area contributed by atoms with Gasteiger partial charge in [0.05, 0.1) is 12.2 Å². The predicted molar refractivity (Wildman–Crippen MR) is 108 cm³/mol. The van der Waals surface area contributed by atoms with Crippen LogP contribution < -0.4 is 10.6 Å². The Morgan fingerprint density at radius 2 is 2.00 bits per heavy atom. The number of nitrogens with one attached hydrogen (secondary N) is 2. The quantitative estimate of drug-likeness (QED) is 0.496. The van der Waals surface area contributed by atoms with Crippen LogP contribution in [-0.2, 0) is 31.2 Å². The summed E-state index contributed by atoms with van der Waals surface area (Å²) in [7, 11) is 3.82. The van der Waals surface area contributed by atoms with Gasteiger partial charge < -0.3 is 15.4 Å². The maximum absolute atomic E-state index is 5.30. The highest BCUT2D eigenvalue weighted by atomic mass is 16.5. The lowest BCUT2D eigenvalue weighted by Gasteiger charge is -2.42. The van der Waals surface area contributed by atoms with Crippen LogP contribution in [0.1, 0.15) is 63.4 Å². The molecule has 0 radical (unpaired) electrons. The van der Waals surface area contributed by atoms with Crippen molar-refractivity contribution in [2.24, 2.45) is 17.5 Å². The molecule has 1 aromatic heterocycles. The molecule has 1 aromatic rings. The lowest BCUT2D eigenvalue weighted by molar-refractivity contribution is 0.0732. The van der Waals surface area contributed by atoms with E-state index >= 15 is 0 Å². The van der Waals surface area contributed by atoms with Gasteiger partial charge in [-0.2, -0.15) is 5.10 Å². The summed E-state index contributed by atoms with van der Waals surface area (Å²) in [5.41, 5.74) is 4.12. The molecule has 26 heavy (non-hydrogen) atoms. The molecule has 0 atom stereocenters. The number of hydrogen-bond donors (Lipinski definition) is 2. The Morgan fingerprint density at radius 3 is 2.54 bits per heavy atom. The summed E-state index contributed by atoms with van der Waals surface area (Å²) in [5, 5.41) is 11.6. The van der Waals surface area contributed by atoms with E-state index in [1.165, 1.54) is 36.2 Å². The second-order valence-corrected chi connectivity index (χ2v) is 7.35. The zero-order valence-corrected chi connectivity index (χ0v) is 17.3. The minimum Gasteiger partial charge on any atom is -0.385 e. The minimum absolute atomic E-state index is 0.379. The summed E-state index contributed by atoms with van der Waals surface area (Å²) in [6.45, 7) is 9.81. The van der Waals surface area contributed by atoms with Crippen LogP contribution in [0, 0.1) is 5.41 Å². The van der Waals surface area contributed by atoms with Gasteiger partial charge in [0.2, 0.25) is 0 Å². The summed E-state index contributed by atoms with van der Waals surface area (Å²) in [6, 6.07) is 0. The smallest absolute Gasteiger partial charge is 0.191 e. The fourth-order valence-electron chi connectivity index (χ4n) is 3.85. The first kappa shape index (κ1) is 20.7. The van der Waals surface area contributed by atoms with Crippen molar-refractivity contribution < 1.29 is 4.74 Å². The molecule has 148 valence electrons. The van der Waals surface area contributed by atoms with Crippen molar-refractivity contribution in [3.63, 3.8) is 0 Å². The van der Waals surface area contributed by atoms with E-state index in [0.717, 1.165) is 44.9 Å². The van der Waals surface area contributed by atoms with Gasteiger partial charge in [-0.25, -0.2) is 4.99 Å². The summed E-state index contributed by atoms with van der Waals surface area (Å²) in [5.74, 6) is 0.907. The van der Waals surface area contributed by atoms with Gasteiger partial charge in [0.25, 0.3) is 0 Å². The van der Waals surface area contributed by atoms with Gasteiger partial charge in [0.1, 0.15) is 0 Å². The van der Waals surface area contributed by atoms with E-state index in [4.69, 9.17) is 9.73 Å². The molecule has 2 N–H and O–H groups in total. The third-order valence-electron chi connectivity index (χ3n) is 5.65. The molecule has 1 aliphatic rings. The molecular formula is C20H37N5O. The predicted octanol–water partition coefficient (Wildman–Crippen LogP) is 2.81. The Bertz CT molecular complexity index is 589. The van der Waals surface area contributed by atoms with Gasteiger partial charge in [-0.1, -0.05) is 20.3 Å². The van der Waals surface area contributed by atoms with Gasteiger partial charge in [-0.3, -0.25) is 4.68 Å². The second-order valence-electron chi connectivity index (χ2n) is 7.35. The Labute approximate surface area is 158 Å². The second kappa shape index (κ2) is 9.95. The number of rotatable bonds is 10. The van der Waals surface area contributed by atoms with Crippen molar-refractivity contribution in [3.05, 3.63) is 17.0 Å². The van der Waals surface area contributed by atoms with Crippen molar-refractivity contribution in [3.8, 4) is 0 Å². The molecule has 0 saturated heterocycles. The molecule has 2 rings (SSSR count). The zero-order chi connectivity index (χ0) is 19.0. The molecule has 0 aromatic carbocycles. The molecule has 1 fully saturated rings. The first-order valence-corrected chi connectivity index (χ1v) is 10.1. The zero-order valence-electron chi connectivity index (χ0n) is 17.3. The van der Waals surface area contributed by atoms with Gasteiger partial charge in [-0.05, 0) is 44.4 Å². The third kappa shape index (κ3) is 5.00. The summed E-state index contributed by atoms with van der Waals surface area (Å²) >= 11 is 0. The van der Waals surface area contributed by atoms with Gasteiger partial charge in [-0.15, -0.1) is 0 Å². The number of methoxy groups -OCH3 is 1. The monoisotopic (exact) mass is 363 g/mol. The van der Waals surface area contributed by atoms with E-state index in [-0.39, 0.29) is 0 Å². The van der Waals surface area contributed by atoms with Crippen LogP contribution in [0.3, 0.4) is 0 Å². The molecular weight excluding hydrogens is 326 g/mol. The van der Waals surface area contributed by atoms with Crippen molar-refractivity contribution >= 4 is 5.96 Å². The summed E-state index contributed by atoms with van der Waals surface area (Å²) in [6.07, 6.45) is 6.95. The van der Waals surface area contributed by atoms with E-state index in [2.05, 4.69) is 36.5 Å². The molecule has 1 saturated carbocycles. The first-order valence-electron chi connectivity index (χ1n) is 10.1. The molecule has 0 bridgehead atoms. The van der Waals surface area contributed by atoms with E-state index in [1.54, 1.807) is 7.11 Å². The summed E-state index contributed by atoms with van der Waals surface area (Å²) in [4.78, 5) is 4.87. The van der Waals surface area contributed by atoms with Crippen LogP contribution in [0.2, 0.25) is 0 Å². The highest BCUT2D eigenvalue weighted by Crippen LogP contribution is 2.43. The number of aromatic nitrogens is 2. The highest BCUT2D eigenvalue weighted by Gasteiger charge is 2.36. The molecule has 0 amide bonds. The SMILES string of the molecule is CCNC(=NCc1c(CC)nn(C)c1CC)NCC1(CCOC)CCC1. The minimum atomic E-state index is 0.379. The average Bonchev–Trinajstić information content (AvgIpc) is 2.92. The number of aliphatic imine (C=N–C) groups is 1. The van der Waals surface area contributed by atoms with E-state index < -0.39 is 0 Å². The summed E-state index contributed by atoms with van der Waals surface area (Å²) < 4.78 is 7.32. The molecule has 6 heteroatoms. The van der Waals surface area contributed by atoms with Gasteiger partial charge >= 0.3 is 0 Å². The lowest BCUT2D eigenvalue weighted by atomic mass is 9.67. The van der Waals surface area contributed by atoms with Crippen molar-refractivity contribution in [2.45, 2.75) is 65.8 Å². The molecule has 0 unspecified atom stereocenters. The van der Waals surface area contributed by atoms with Crippen molar-refractivity contribution in [2.75, 3.05) is 26.8 Å². The maximum Gasteiger partial charge on any atom is 0.191 e. The van der Waals surface area contributed by atoms with E-state index in [1.807, 2.05) is 11.7 Å². The first-order chi connectivity index (χ1) is 12.6. The largest absolute Gasteiger partial charge is 0.385 e. The van der Waals surface area contributed by atoms with Crippen LogP contribution in [0.5, 0.6) is 0 Å². The lowest BCUT2D eigenvalue weighted by Crippen LogP contribution is -2.47. The Hall–Kier alpha value is -1.56. The molecule has 1 aliphatic carbocycles. The average molecular weight is 364 g/mol. The van der Waals surface area contributed by atoms with Gasteiger partial charge in [0.15, 0.2) is 5.96 Å². The molecule has 1 heterocycles. The number of nitrogens with zero attached hydrogens (tertiary/aromatic N) is 3. The molecule has 0 aliphatic heterocycles. The van der Waals surface area contributed by atoms with Crippen molar-refractivity contribution in [1.82, 2.24) is 20.4 Å². The van der Waals surface area contributed by atoms with Crippen molar-refractivity contribution in [1.29, 1.82) is 0 Å². The number of hydrogen-bond acceptors (Lipinski definition) is 3. The topological polar surface area (TPSA) is 63.5 Å². The molecule has 6 nitrogen and oxygen atoms in total. The Balaban J connectivity index is 2.05. The maximum atomic E-state index is 5.30. The van der Waals surface area contributed by atoms with E-state index in [9.17, 15) is 0 Å². The van der Waals surface area contributed by atoms with Crippen LogP contribution in [0.25, 0.3) is 0 Å². The normalized spacial score (nSPS) is 16.4. The van der Waals surface area contributed by atoms with Gasteiger partial charge in [0, 0.05) is 45.1 Å². The van der Waals surface area contributed by atoms with E-state index in [0.29, 0.717) is 12.0 Å². The third-order valence-corrected chi connectivity index (χ3v) is 5.65. The number of ether oxygens (including phenoxy) is 1. The Morgan fingerprint density at radius 1 is 1.23 bits per heavy atom. The van der Waals surface area contributed by atoms with Crippen LogP contribution in [0.4, 0.5) is 0 Å². The van der Waals surface area contributed by atoms with Crippen LogP contribution in [0.15, 0.2) is 4.99 Å². The van der Waals surface area contributed by atoms with Crippen LogP contribution in [-0.4, -0.2) is 42.5 Å². The standard InChI is InChI=1S/C20H37N5O/c1-6-17-16(18(7-2)25(4)24-17)14-22-19(21-8-3)23-15-20(10-9-11-20)12-13-26-5/h6-15H2,1-5H3,(H2,21,22,23). The fraction of sp³-hybridized carbons (Fsp3) is 0.800. The Kier molecular flexibility index (Phi) is 7.94. The molecule has 0 spiro atoms. The van der Waals surface area contributed by atoms with Crippen LogP contribution >= 0.6 is 0 Å².